The number of aryl methyl sites for hydroxylation is 1. The number of para-hydroxylation sites is 2. The van der Waals surface area contributed by atoms with Crippen LogP contribution in [0.25, 0.3) is 11.0 Å². The molecule has 0 spiro atoms. The number of benzene rings is 1. The van der Waals surface area contributed by atoms with Gasteiger partial charge in [0.1, 0.15) is 5.69 Å². The van der Waals surface area contributed by atoms with Crippen LogP contribution in [-0.4, -0.2) is 22.1 Å². The minimum atomic E-state index is 0.0300. The number of fused-ring (bicyclic) bond motifs is 1. The van der Waals surface area contributed by atoms with Crippen molar-refractivity contribution in [2.24, 2.45) is 0 Å². The third kappa shape index (κ3) is 1.93. The van der Waals surface area contributed by atoms with Gasteiger partial charge in [-0.25, -0.2) is 4.98 Å². The molecule has 4 heteroatoms. The van der Waals surface area contributed by atoms with Gasteiger partial charge in [-0.2, -0.15) is 0 Å². The summed E-state index contributed by atoms with van der Waals surface area (Å²) in [7, 11) is 0. The summed E-state index contributed by atoms with van der Waals surface area (Å²) in [5, 5.41) is 3.44. The molecular weight excluding hydrogens is 226 g/mol. The van der Waals surface area contributed by atoms with Crippen LogP contribution in [0.5, 0.6) is 0 Å². The normalized spacial score (nSPS) is 19.5. The number of rotatable bonds is 2. The lowest BCUT2D eigenvalue weighted by Crippen LogP contribution is -2.33. The fraction of sp³-hybridized carbons (Fsp3) is 0.429. The van der Waals surface area contributed by atoms with Gasteiger partial charge in [-0.3, -0.25) is 4.79 Å². The van der Waals surface area contributed by atoms with Gasteiger partial charge in [0.05, 0.1) is 11.0 Å². The first-order valence-electron chi connectivity index (χ1n) is 6.45. The van der Waals surface area contributed by atoms with Crippen molar-refractivity contribution in [3.05, 3.63) is 40.3 Å². The molecule has 0 saturated carbocycles. The molecule has 1 aliphatic rings. The highest BCUT2D eigenvalue weighted by molar-refractivity contribution is 5.74. The Morgan fingerprint density at radius 3 is 3.06 bits per heavy atom. The average molecular weight is 243 g/mol. The van der Waals surface area contributed by atoms with Crippen molar-refractivity contribution < 1.29 is 0 Å². The molecule has 1 atom stereocenters. The van der Waals surface area contributed by atoms with E-state index in [4.69, 9.17) is 0 Å². The van der Waals surface area contributed by atoms with Gasteiger partial charge < -0.3 is 9.88 Å². The van der Waals surface area contributed by atoms with Crippen LogP contribution in [0.15, 0.2) is 29.1 Å². The molecule has 0 amide bonds. The number of hydrogen-bond donors (Lipinski definition) is 1. The zero-order valence-corrected chi connectivity index (χ0v) is 10.5. The number of aromatic nitrogens is 2. The summed E-state index contributed by atoms with van der Waals surface area (Å²) in [5.74, 6) is 0. The predicted molar refractivity (Wildman–Crippen MR) is 71.8 cm³/mol. The molecule has 94 valence electrons. The van der Waals surface area contributed by atoms with Gasteiger partial charge in [0.2, 0.25) is 0 Å². The molecule has 1 aliphatic heterocycles. The van der Waals surface area contributed by atoms with E-state index in [1.165, 1.54) is 6.42 Å². The Bertz CT molecular complexity index is 626. The molecule has 1 saturated heterocycles. The van der Waals surface area contributed by atoms with Crippen LogP contribution < -0.4 is 10.9 Å². The zero-order valence-electron chi connectivity index (χ0n) is 10.5. The molecule has 3 rings (SSSR count). The highest BCUT2D eigenvalue weighted by Crippen LogP contribution is 2.13. The quantitative estimate of drug-likeness (QED) is 0.868. The molecule has 1 unspecified atom stereocenters. The Balaban J connectivity index is 2.12. The zero-order chi connectivity index (χ0) is 12.5. The maximum absolute atomic E-state index is 12.2. The second-order valence-corrected chi connectivity index (χ2v) is 4.89. The minimum Gasteiger partial charge on any atom is -0.312 e. The first-order valence-corrected chi connectivity index (χ1v) is 6.45. The molecule has 4 nitrogen and oxygen atoms in total. The van der Waals surface area contributed by atoms with Crippen molar-refractivity contribution in [1.29, 1.82) is 0 Å². The SMILES string of the molecule is Cc1nc2ccccc2n(CC2CCCN2)c1=O. The smallest absolute Gasteiger partial charge is 0.272 e. The Morgan fingerprint density at radius 1 is 1.44 bits per heavy atom. The molecule has 18 heavy (non-hydrogen) atoms. The van der Waals surface area contributed by atoms with Crippen LogP contribution in [0.2, 0.25) is 0 Å². The number of nitrogens with zero attached hydrogens (tertiary/aromatic N) is 2. The lowest BCUT2D eigenvalue weighted by Gasteiger charge is -2.15. The first kappa shape index (κ1) is 11.4. The standard InChI is InChI=1S/C14H17N3O/c1-10-14(18)17(9-11-5-4-8-15-11)13-7-3-2-6-12(13)16-10/h2-3,6-7,11,15H,4-5,8-9H2,1H3. The Morgan fingerprint density at radius 2 is 2.28 bits per heavy atom. The summed E-state index contributed by atoms with van der Waals surface area (Å²) in [5.41, 5.74) is 2.43. The fourth-order valence-electron chi connectivity index (χ4n) is 2.63. The van der Waals surface area contributed by atoms with E-state index in [9.17, 15) is 4.79 Å². The predicted octanol–water partition coefficient (Wildman–Crippen LogP) is 1.46. The van der Waals surface area contributed by atoms with Crippen molar-refractivity contribution in [1.82, 2.24) is 14.9 Å². The minimum absolute atomic E-state index is 0.0300. The number of nitrogens with one attached hydrogen (secondary N) is 1. The van der Waals surface area contributed by atoms with Crippen LogP contribution in [-0.2, 0) is 6.54 Å². The van der Waals surface area contributed by atoms with Gasteiger partial charge in [0.25, 0.3) is 5.56 Å². The molecule has 2 heterocycles. The summed E-state index contributed by atoms with van der Waals surface area (Å²) in [6.45, 7) is 3.58. The van der Waals surface area contributed by atoms with Crippen LogP contribution in [0.4, 0.5) is 0 Å². The van der Waals surface area contributed by atoms with Crippen LogP contribution in [0, 0.1) is 6.92 Å². The summed E-state index contributed by atoms with van der Waals surface area (Å²) in [6, 6.07) is 8.25. The second kappa shape index (κ2) is 4.53. The summed E-state index contributed by atoms with van der Waals surface area (Å²) < 4.78 is 1.86. The third-order valence-corrected chi connectivity index (χ3v) is 3.58. The van der Waals surface area contributed by atoms with Crippen molar-refractivity contribution in [2.75, 3.05) is 6.54 Å². The van der Waals surface area contributed by atoms with E-state index in [0.29, 0.717) is 11.7 Å². The van der Waals surface area contributed by atoms with Gasteiger partial charge >= 0.3 is 0 Å². The van der Waals surface area contributed by atoms with E-state index >= 15 is 0 Å². The summed E-state index contributed by atoms with van der Waals surface area (Å²) in [6.07, 6.45) is 2.34. The monoisotopic (exact) mass is 243 g/mol. The molecular formula is C14H17N3O. The molecule has 1 N–H and O–H groups in total. The maximum atomic E-state index is 12.2. The highest BCUT2D eigenvalue weighted by atomic mass is 16.1. The number of hydrogen-bond acceptors (Lipinski definition) is 3. The van der Waals surface area contributed by atoms with E-state index in [0.717, 1.165) is 30.5 Å². The van der Waals surface area contributed by atoms with Gasteiger partial charge in [0, 0.05) is 12.6 Å². The first-order chi connectivity index (χ1) is 8.75. The Kier molecular flexibility index (Phi) is 2.88. The second-order valence-electron chi connectivity index (χ2n) is 4.89. The van der Waals surface area contributed by atoms with Gasteiger partial charge in [0.15, 0.2) is 0 Å². The molecule has 2 aromatic rings. The van der Waals surface area contributed by atoms with Gasteiger partial charge in [-0.05, 0) is 38.4 Å². The lowest BCUT2D eigenvalue weighted by atomic mass is 10.2. The van der Waals surface area contributed by atoms with Crippen molar-refractivity contribution in [3.63, 3.8) is 0 Å². The maximum Gasteiger partial charge on any atom is 0.272 e. The molecule has 0 aliphatic carbocycles. The van der Waals surface area contributed by atoms with Crippen LogP contribution in [0.1, 0.15) is 18.5 Å². The summed E-state index contributed by atoms with van der Waals surface area (Å²) >= 11 is 0. The Hall–Kier alpha value is -1.68. The molecule has 0 bridgehead atoms. The van der Waals surface area contributed by atoms with Crippen molar-refractivity contribution in [3.8, 4) is 0 Å². The molecule has 1 aromatic carbocycles. The van der Waals surface area contributed by atoms with Crippen LogP contribution in [0.3, 0.4) is 0 Å². The largest absolute Gasteiger partial charge is 0.312 e. The van der Waals surface area contributed by atoms with E-state index in [-0.39, 0.29) is 5.56 Å². The van der Waals surface area contributed by atoms with Gasteiger partial charge in [-0.15, -0.1) is 0 Å². The Labute approximate surface area is 106 Å². The lowest BCUT2D eigenvalue weighted by molar-refractivity contribution is 0.507. The van der Waals surface area contributed by atoms with Crippen molar-refractivity contribution >= 4 is 11.0 Å². The summed E-state index contributed by atoms with van der Waals surface area (Å²) in [4.78, 5) is 16.6. The van der Waals surface area contributed by atoms with Crippen molar-refractivity contribution in [2.45, 2.75) is 32.4 Å². The third-order valence-electron chi connectivity index (χ3n) is 3.58. The van der Waals surface area contributed by atoms with E-state index < -0.39 is 0 Å². The van der Waals surface area contributed by atoms with Gasteiger partial charge in [-0.1, -0.05) is 12.1 Å². The fourth-order valence-corrected chi connectivity index (χ4v) is 2.63. The van der Waals surface area contributed by atoms with E-state index in [1.54, 1.807) is 6.92 Å². The topological polar surface area (TPSA) is 46.9 Å². The average Bonchev–Trinajstić information content (AvgIpc) is 2.88. The van der Waals surface area contributed by atoms with E-state index in [2.05, 4.69) is 10.3 Å². The molecule has 1 fully saturated rings. The highest BCUT2D eigenvalue weighted by Gasteiger charge is 2.17. The van der Waals surface area contributed by atoms with E-state index in [1.807, 2.05) is 28.8 Å². The molecule has 1 aromatic heterocycles. The van der Waals surface area contributed by atoms with Crippen LogP contribution >= 0.6 is 0 Å². The molecule has 0 radical (unpaired) electrons.